The molecule has 0 amide bonds. The predicted molar refractivity (Wildman–Crippen MR) is 51.3 cm³/mol. The zero-order valence-electron chi connectivity index (χ0n) is 7.40. The molecule has 14 heavy (non-hydrogen) atoms. The molecular weight excluding hydrogens is 204 g/mol. The zero-order chi connectivity index (χ0) is 9.97. The zero-order valence-corrected chi connectivity index (χ0v) is 8.15. The molecule has 0 atom stereocenters. The van der Waals surface area contributed by atoms with Crippen LogP contribution in [0, 0.1) is 0 Å². The second-order valence-electron chi connectivity index (χ2n) is 2.60. The van der Waals surface area contributed by atoms with Crippen molar-refractivity contribution in [2.75, 3.05) is 7.11 Å². The fraction of sp³-hybridized carbons (Fsp3) is 0.111. The molecule has 0 saturated carbocycles. The fourth-order valence-corrected chi connectivity index (χ4v) is 1.18. The lowest BCUT2D eigenvalue weighted by Gasteiger charge is -1.98. The Labute approximate surface area is 85.5 Å². The molecule has 1 aromatic heterocycles. The first-order valence-corrected chi connectivity index (χ1v) is 4.31. The van der Waals surface area contributed by atoms with Gasteiger partial charge in [-0.05, 0) is 35.9 Å². The Kier molecular flexibility index (Phi) is 2.37. The maximum absolute atomic E-state index is 5.50. The second kappa shape index (κ2) is 3.67. The van der Waals surface area contributed by atoms with Gasteiger partial charge in [0.25, 0.3) is 0 Å². The molecule has 2 rings (SSSR count). The van der Waals surface area contributed by atoms with Crippen LogP contribution in [0.25, 0.3) is 11.4 Å². The first kappa shape index (κ1) is 9.02. The van der Waals surface area contributed by atoms with Gasteiger partial charge in [-0.15, -0.1) is 0 Å². The van der Waals surface area contributed by atoms with Crippen molar-refractivity contribution in [2.24, 2.45) is 0 Å². The summed E-state index contributed by atoms with van der Waals surface area (Å²) in [7, 11) is 1.61. The van der Waals surface area contributed by atoms with Crippen LogP contribution in [0.1, 0.15) is 0 Å². The van der Waals surface area contributed by atoms with Crippen LogP contribution in [-0.2, 0) is 0 Å². The van der Waals surface area contributed by atoms with E-state index in [0.29, 0.717) is 5.82 Å². The molecule has 72 valence electrons. The maximum Gasteiger partial charge on any atom is 0.320 e. The number of hydrogen-bond acceptors (Lipinski definition) is 4. The Bertz CT molecular complexity index is 425. The summed E-state index contributed by atoms with van der Waals surface area (Å²) < 4.78 is 9.67. The van der Waals surface area contributed by atoms with Gasteiger partial charge < -0.3 is 9.26 Å². The highest BCUT2D eigenvalue weighted by Crippen LogP contribution is 2.20. The van der Waals surface area contributed by atoms with E-state index in [4.69, 9.17) is 16.3 Å². The Morgan fingerprint density at radius 3 is 2.50 bits per heavy atom. The quantitative estimate of drug-likeness (QED) is 0.764. The molecule has 0 fully saturated rings. The SMILES string of the molecule is COc1ccc(-c2noc(Cl)n2)cc1. The van der Waals surface area contributed by atoms with Gasteiger partial charge in [0.1, 0.15) is 5.75 Å². The number of ether oxygens (including phenoxy) is 1. The van der Waals surface area contributed by atoms with E-state index >= 15 is 0 Å². The number of nitrogens with zero attached hydrogens (tertiary/aromatic N) is 2. The van der Waals surface area contributed by atoms with E-state index in [1.165, 1.54) is 0 Å². The van der Waals surface area contributed by atoms with E-state index in [1.54, 1.807) is 7.11 Å². The Balaban J connectivity index is 2.33. The van der Waals surface area contributed by atoms with Crippen LogP contribution < -0.4 is 4.74 Å². The van der Waals surface area contributed by atoms with Crippen molar-refractivity contribution in [3.05, 3.63) is 29.6 Å². The normalized spacial score (nSPS) is 10.1. The van der Waals surface area contributed by atoms with Crippen LogP contribution >= 0.6 is 11.6 Å². The Morgan fingerprint density at radius 2 is 2.00 bits per heavy atom. The van der Waals surface area contributed by atoms with Crippen molar-refractivity contribution in [1.82, 2.24) is 10.1 Å². The van der Waals surface area contributed by atoms with Crippen molar-refractivity contribution < 1.29 is 9.26 Å². The summed E-state index contributed by atoms with van der Waals surface area (Å²) in [5, 5.41) is 3.72. The Morgan fingerprint density at radius 1 is 1.29 bits per heavy atom. The topological polar surface area (TPSA) is 48.2 Å². The van der Waals surface area contributed by atoms with Crippen LogP contribution in [0.2, 0.25) is 5.35 Å². The minimum absolute atomic E-state index is 0.0378. The number of rotatable bonds is 2. The largest absolute Gasteiger partial charge is 0.497 e. The van der Waals surface area contributed by atoms with E-state index in [9.17, 15) is 0 Å². The molecule has 0 aliphatic heterocycles. The fourth-order valence-electron chi connectivity index (χ4n) is 1.06. The molecule has 0 bridgehead atoms. The number of benzene rings is 1. The molecule has 0 saturated heterocycles. The van der Waals surface area contributed by atoms with Gasteiger partial charge in [0.2, 0.25) is 5.82 Å². The molecule has 0 aliphatic carbocycles. The van der Waals surface area contributed by atoms with Crippen molar-refractivity contribution in [3.63, 3.8) is 0 Å². The van der Waals surface area contributed by atoms with Gasteiger partial charge >= 0.3 is 5.35 Å². The lowest BCUT2D eigenvalue weighted by atomic mass is 10.2. The van der Waals surface area contributed by atoms with Crippen molar-refractivity contribution >= 4 is 11.6 Å². The molecule has 0 N–H and O–H groups in total. The van der Waals surface area contributed by atoms with Crippen molar-refractivity contribution in [1.29, 1.82) is 0 Å². The Hall–Kier alpha value is -1.55. The molecule has 0 spiro atoms. The highest BCUT2D eigenvalue weighted by molar-refractivity contribution is 6.27. The molecule has 4 nitrogen and oxygen atoms in total. The summed E-state index contributed by atoms with van der Waals surface area (Å²) in [5.74, 6) is 1.25. The van der Waals surface area contributed by atoms with E-state index in [1.807, 2.05) is 24.3 Å². The summed E-state index contributed by atoms with van der Waals surface area (Å²) in [6.45, 7) is 0. The maximum atomic E-state index is 5.50. The number of hydrogen-bond donors (Lipinski definition) is 0. The van der Waals surface area contributed by atoms with E-state index < -0.39 is 0 Å². The molecule has 0 unspecified atom stereocenters. The first-order valence-electron chi connectivity index (χ1n) is 3.93. The molecule has 0 aliphatic rings. The number of halogens is 1. The van der Waals surface area contributed by atoms with E-state index in [0.717, 1.165) is 11.3 Å². The minimum Gasteiger partial charge on any atom is -0.497 e. The van der Waals surface area contributed by atoms with Gasteiger partial charge in [0, 0.05) is 5.56 Å². The highest BCUT2D eigenvalue weighted by Gasteiger charge is 2.05. The third-order valence-electron chi connectivity index (χ3n) is 1.75. The summed E-state index contributed by atoms with van der Waals surface area (Å²) >= 11 is 5.50. The predicted octanol–water partition coefficient (Wildman–Crippen LogP) is 2.40. The third-order valence-corrected chi connectivity index (χ3v) is 1.90. The molecule has 5 heteroatoms. The van der Waals surface area contributed by atoms with Crippen LogP contribution in [0.4, 0.5) is 0 Å². The van der Waals surface area contributed by atoms with Gasteiger partial charge in [0.15, 0.2) is 0 Å². The van der Waals surface area contributed by atoms with Gasteiger partial charge in [0.05, 0.1) is 7.11 Å². The number of aromatic nitrogens is 2. The first-order chi connectivity index (χ1) is 6.79. The van der Waals surface area contributed by atoms with Crippen LogP contribution in [0.3, 0.4) is 0 Å². The molecule has 2 aromatic rings. The molecular formula is C9H7ClN2O2. The van der Waals surface area contributed by atoms with E-state index in [2.05, 4.69) is 14.7 Å². The van der Waals surface area contributed by atoms with Crippen molar-refractivity contribution in [3.8, 4) is 17.1 Å². The standard InChI is InChI=1S/C9H7ClN2O2/c1-13-7-4-2-6(3-5-7)8-11-9(10)14-12-8/h2-5H,1H3. The average molecular weight is 211 g/mol. The summed E-state index contributed by atoms with van der Waals surface area (Å²) in [6.07, 6.45) is 0. The van der Waals surface area contributed by atoms with Gasteiger partial charge in [-0.25, -0.2) is 0 Å². The lowest BCUT2D eigenvalue weighted by Crippen LogP contribution is -1.83. The monoisotopic (exact) mass is 210 g/mol. The van der Waals surface area contributed by atoms with E-state index in [-0.39, 0.29) is 5.35 Å². The summed E-state index contributed by atoms with van der Waals surface area (Å²) in [5.41, 5.74) is 0.835. The lowest BCUT2D eigenvalue weighted by molar-refractivity contribution is 0.414. The second-order valence-corrected chi connectivity index (χ2v) is 2.92. The molecule has 0 radical (unpaired) electrons. The third kappa shape index (κ3) is 1.70. The van der Waals surface area contributed by atoms with Gasteiger partial charge in [-0.2, -0.15) is 4.98 Å². The number of methoxy groups -OCH3 is 1. The van der Waals surface area contributed by atoms with Crippen LogP contribution in [0.15, 0.2) is 28.8 Å². The molecule has 1 aromatic carbocycles. The van der Waals surface area contributed by atoms with Crippen LogP contribution in [0.5, 0.6) is 5.75 Å². The van der Waals surface area contributed by atoms with Gasteiger partial charge in [-0.1, -0.05) is 5.16 Å². The minimum atomic E-state index is 0.0378. The highest BCUT2D eigenvalue weighted by atomic mass is 35.5. The smallest absolute Gasteiger partial charge is 0.320 e. The summed E-state index contributed by atoms with van der Waals surface area (Å²) in [4.78, 5) is 3.88. The summed E-state index contributed by atoms with van der Waals surface area (Å²) in [6, 6.07) is 7.30. The van der Waals surface area contributed by atoms with Crippen LogP contribution in [-0.4, -0.2) is 17.3 Å². The van der Waals surface area contributed by atoms with Gasteiger partial charge in [-0.3, -0.25) is 0 Å². The van der Waals surface area contributed by atoms with Crippen molar-refractivity contribution in [2.45, 2.75) is 0 Å². The average Bonchev–Trinajstić information content (AvgIpc) is 2.65. The molecule has 1 heterocycles.